The molecule has 6 heteroatoms. The molecule has 0 bridgehead atoms. The van der Waals surface area contributed by atoms with Gasteiger partial charge in [-0.3, -0.25) is 13.9 Å². The number of nitrogens with one attached hydrogen (secondary N) is 1. The van der Waals surface area contributed by atoms with Gasteiger partial charge in [0.05, 0.1) is 12.1 Å². The largest absolute Gasteiger partial charge is 0.354 e. The Labute approximate surface area is 151 Å². The number of carbonyl (C=O) groups is 1. The third kappa shape index (κ3) is 3.27. The van der Waals surface area contributed by atoms with Crippen molar-refractivity contribution in [3.05, 3.63) is 64.2 Å². The molecular formula is C20H22N4O2. The van der Waals surface area contributed by atoms with Gasteiger partial charge >= 0.3 is 5.69 Å². The van der Waals surface area contributed by atoms with Gasteiger partial charge in [0, 0.05) is 25.2 Å². The lowest BCUT2D eigenvalue weighted by Crippen LogP contribution is -2.32. The Balaban J connectivity index is 1.60. The van der Waals surface area contributed by atoms with Crippen molar-refractivity contribution in [3.63, 3.8) is 0 Å². The summed E-state index contributed by atoms with van der Waals surface area (Å²) in [6, 6.07) is 11.9. The molecule has 2 aromatic heterocycles. The van der Waals surface area contributed by atoms with E-state index in [4.69, 9.17) is 0 Å². The van der Waals surface area contributed by atoms with Gasteiger partial charge in [0.2, 0.25) is 5.91 Å². The molecule has 0 saturated heterocycles. The van der Waals surface area contributed by atoms with Gasteiger partial charge in [-0.2, -0.15) is 0 Å². The molecule has 0 unspecified atom stereocenters. The molecule has 0 atom stereocenters. The fraction of sp³-hybridized carbons (Fsp3) is 0.350. The molecule has 1 aliphatic carbocycles. The second-order valence-corrected chi connectivity index (χ2v) is 6.92. The van der Waals surface area contributed by atoms with Crippen LogP contribution in [0.15, 0.2) is 47.4 Å². The molecule has 6 nitrogen and oxygen atoms in total. The standard InChI is InChI=1S/C20H22N4O2/c1-14-4-6-15(7-5-14)13-24-17-3-2-10-21-18(17)23(20(24)26)12-11-22-19(25)16-8-9-16/h2-7,10,16H,8-9,11-13H2,1H3,(H,22,25). The van der Waals surface area contributed by atoms with Crippen molar-refractivity contribution in [2.45, 2.75) is 32.9 Å². The summed E-state index contributed by atoms with van der Waals surface area (Å²) in [5.74, 6) is 0.266. The van der Waals surface area contributed by atoms with Crippen LogP contribution in [0.3, 0.4) is 0 Å². The highest BCUT2D eigenvalue weighted by Gasteiger charge is 2.29. The van der Waals surface area contributed by atoms with Crippen LogP contribution in [0.1, 0.15) is 24.0 Å². The minimum Gasteiger partial charge on any atom is -0.354 e. The molecule has 4 rings (SSSR count). The van der Waals surface area contributed by atoms with E-state index in [2.05, 4.69) is 10.3 Å². The van der Waals surface area contributed by atoms with E-state index in [0.29, 0.717) is 25.3 Å². The van der Waals surface area contributed by atoms with E-state index < -0.39 is 0 Å². The van der Waals surface area contributed by atoms with Crippen molar-refractivity contribution in [2.24, 2.45) is 5.92 Å². The van der Waals surface area contributed by atoms with Gasteiger partial charge in [-0.25, -0.2) is 9.78 Å². The predicted molar refractivity (Wildman–Crippen MR) is 100 cm³/mol. The minimum atomic E-state index is -0.0973. The first-order valence-electron chi connectivity index (χ1n) is 9.01. The lowest BCUT2D eigenvalue weighted by molar-refractivity contribution is -0.122. The van der Waals surface area contributed by atoms with Crippen LogP contribution in [-0.4, -0.2) is 26.6 Å². The maximum atomic E-state index is 13.0. The van der Waals surface area contributed by atoms with Crippen LogP contribution in [0.25, 0.3) is 11.2 Å². The number of rotatable bonds is 6. The quantitative estimate of drug-likeness (QED) is 0.740. The molecule has 0 radical (unpaired) electrons. The summed E-state index contributed by atoms with van der Waals surface area (Å²) in [4.78, 5) is 29.1. The van der Waals surface area contributed by atoms with Crippen molar-refractivity contribution < 1.29 is 4.79 Å². The number of hydrogen-bond donors (Lipinski definition) is 1. The SMILES string of the molecule is Cc1ccc(Cn2c(=O)n(CCNC(=O)C3CC3)c3ncccc32)cc1. The van der Waals surface area contributed by atoms with Crippen LogP contribution in [0.4, 0.5) is 0 Å². The molecule has 26 heavy (non-hydrogen) atoms. The van der Waals surface area contributed by atoms with Crippen LogP contribution < -0.4 is 11.0 Å². The third-order valence-electron chi connectivity index (χ3n) is 4.82. The Morgan fingerprint density at radius 1 is 1.19 bits per heavy atom. The Hall–Kier alpha value is -2.89. The number of nitrogens with zero attached hydrogens (tertiary/aromatic N) is 3. The van der Waals surface area contributed by atoms with E-state index >= 15 is 0 Å². The molecule has 1 aliphatic rings. The number of amides is 1. The average molecular weight is 350 g/mol. The topological polar surface area (TPSA) is 68.9 Å². The second-order valence-electron chi connectivity index (χ2n) is 6.92. The molecule has 1 amide bonds. The molecule has 1 fully saturated rings. The summed E-state index contributed by atoms with van der Waals surface area (Å²) in [5.41, 5.74) is 3.64. The van der Waals surface area contributed by atoms with Gasteiger partial charge in [-0.05, 0) is 37.5 Å². The molecule has 0 spiro atoms. The summed E-state index contributed by atoms with van der Waals surface area (Å²) >= 11 is 0. The lowest BCUT2D eigenvalue weighted by Gasteiger charge is -2.05. The van der Waals surface area contributed by atoms with Gasteiger partial charge in [0.25, 0.3) is 0 Å². The van der Waals surface area contributed by atoms with Crippen molar-refractivity contribution in [3.8, 4) is 0 Å². The Kier molecular flexibility index (Phi) is 4.32. The summed E-state index contributed by atoms with van der Waals surface area (Å²) in [7, 11) is 0. The number of benzene rings is 1. The molecule has 134 valence electrons. The number of aromatic nitrogens is 3. The molecule has 2 heterocycles. The van der Waals surface area contributed by atoms with Crippen molar-refractivity contribution in [1.82, 2.24) is 19.4 Å². The fourth-order valence-corrected chi connectivity index (χ4v) is 3.16. The first-order valence-corrected chi connectivity index (χ1v) is 9.01. The van der Waals surface area contributed by atoms with Crippen molar-refractivity contribution >= 4 is 17.1 Å². The van der Waals surface area contributed by atoms with Crippen molar-refractivity contribution in [1.29, 1.82) is 0 Å². The third-order valence-corrected chi connectivity index (χ3v) is 4.82. The van der Waals surface area contributed by atoms with Gasteiger partial charge in [0.15, 0.2) is 5.65 Å². The normalized spacial score (nSPS) is 13.9. The summed E-state index contributed by atoms with van der Waals surface area (Å²) in [5, 5.41) is 2.91. The molecule has 1 N–H and O–H groups in total. The number of pyridine rings is 1. The van der Waals surface area contributed by atoms with Crippen LogP contribution >= 0.6 is 0 Å². The van der Waals surface area contributed by atoms with Crippen LogP contribution in [-0.2, 0) is 17.9 Å². The van der Waals surface area contributed by atoms with Crippen LogP contribution in [0.2, 0.25) is 0 Å². The number of imidazole rings is 1. The maximum Gasteiger partial charge on any atom is 0.330 e. The number of hydrogen-bond acceptors (Lipinski definition) is 3. The van der Waals surface area contributed by atoms with E-state index in [-0.39, 0.29) is 17.5 Å². The van der Waals surface area contributed by atoms with E-state index in [1.807, 2.05) is 43.3 Å². The monoisotopic (exact) mass is 350 g/mol. The highest BCUT2D eigenvalue weighted by atomic mass is 16.2. The average Bonchev–Trinajstić information content (AvgIpc) is 3.46. The summed E-state index contributed by atoms with van der Waals surface area (Å²) in [6.07, 6.45) is 3.64. The molecular weight excluding hydrogens is 328 g/mol. The van der Waals surface area contributed by atoms with E-state index in [1.54, 1.807) is 15.3 Å². The van der Waals surface area contributed by atoms with Gasteiger partial charge in [-0.15, -0.1) is 0 Å². The highest BCUT2D eigenvalue weighted by Crippen LogP contribution is 2.28. The first-order chi connectivity index (χ1) is 12.6. The zero-order valence-electron chi connectivity index (χ0n) is 14.8. The summed E-state index contributed by atoms with van der Waals surface area (Å²) < 4.78 is 3.40. The first kappa shape index (κ1) is 16.6. The summed E-state index contributed by atoms with van der Waals surface area (Å²) in [6.45, 7) is 3.41. The zero-order valence-corrected chi connectivity index (χ0v) is 14.8. The number of fused-ring (bicyclic) bond motifs is 1. The maximum absolute atomic E-state index is 13.0. The molecule has 1 saturated carbocycles. The van der Waals surface area contributed by atoms with Gasteiger partial charge in [0.1, 0.15) is 0 Å². The Morgan fingerprint density at radius 2 is 1.96 bits per heavy atom. The fourth-order valence-electron chi connectivity index (χ4n) is 3.16. The van der Waals surface area contributed by atoms with Gasteiger partial charge < -0.3 is 5.32 Å². The lowest BCUT2D eigenvalue weighted by atomic mass is 10.1. The Bertz CT molecular complexity index is 997. The van der Waals surface area contributed by atoms with E-state index in [9.17, 15) is 9.59 Å². The van der Waals surface area contributed by atoms with Crippen LogP contribution in [0.5, 0.6) is 0 Å². The number of carbonyl (C=O) groups excluding carboxylic acids is 1. The zero-order chi connectivity index (χ0) is 18.1. The number of aryl methyl sites for hydroxylation is 1. The highest BCUT2D eigenvalue weighted by molar-refractivity contribution is 5.80. The minimum absolute atomic E-state index is 0.0920. The van der Waals surface area contributed by atoms with E-state index in [1.165, 1.54) is 5.56 Å². The van der Waals surface area contributed by atoms with Crippen molar-refractivity contribution in [2.75, 3.05) is 6.54 Å². The predicted octanol–water partition coefficient (Wildman–Crippen LogP) is 2.08. The van der Waals surface area contributed by atoms with E-state index in [0.717, 1.165) is 23.9 Å². The second kappa shape index (κ2) is 6.78. The van der Waals surface area contributed by atoms with Gasteiger partial charge in [-0.1, -0.05) is 29.8 Å². The Morgan fingerprint density at radius 3 is 2.69 bits per heavy atom. The molecule has 1 aromatic carbocycles. The van der Waals surface area contributed by atoms with Crippen LogP contribution in [0, 0.1) is 12.8 Å². The molecule has 3 aromatic rings. The molecule has 0 aliphatic heterocycles. The smallest absolute Gasteiger partial charge is 0.330 e.